The molecule has 0 amide bonds. The molecule has 1 fully saturated rings. The van der Waals surface area contributed by atoms with Crippen LogP contribution in [-0.2, 0) is 6.61 Å². The maximum Gasteiger partial charge on any atom is 0.194 e. The van der Waals surface area contributed by atoms with Gasteiger partial charge in [-0.25, -0.2) is 0 Å². The minimum absolute atomic E-state index is 0.0838. The van der Waals surface area contributed by atoms with Crippen LogP contribution in [0.15, 0.2) is 24.3 Å². The average Bonchev–Trinajstić information content (AvgIpc) is 2.39. The Bertz CT molecular complexity index is 406. The normalized spacial score (nSPS) is 18.9. The highest BCUT2D eigenvalue weighted by molar-refractivity contribution is 6.02. The SMILES string of the molecule is O=C(c1cccc(CO)c1)C1(O)CCCCC1. The number of ketones is 1. The van der Waals surface area contributed by atoms with Crippen LogP contribution in [0, 0.1) is 0 Å². The zero-order valence-electron chi connectivity index (χ0n) is 9.85. The van der Waals surface area contributed by atoms with E-state index in [-0.39, 0.29) is 12.4 Å². The van der Waals surface area contributed by atoms with E-state index in [1.54, 1.807) is 24.3 Å². The molecule has 0 heterocycles. The smallest absolute Gasteiger partial charge is 0.194 e. The maximum atomic E-state index is 12.3. The van der Waals surface area contributed by atoms with Crippen LogP contribution < -0.4 is 0 Å². The second-order valence-electron chi connectivity index (χ2n) is 4.78. The molecule has 1 saturated carbocycles. The van der Waals surface area contributed by atoms with Crippen molar-refractivity contribution in [3.63, 3.8) is 0 Å². The van der Waals surface area contributed by atoms with Gasteiger partial charge in [0.15, 0.2) is 5.78 Å². The lowest BCUT2D eigenvalue weighted by Gasteiger charge is -2.30. The second-order valence-corrected chi connectivity index (χ2v) is 4.78. The summed E-state index contributed by atoms with van der Waals surface area (Å²) < 4.78 is 0. The van der Waals surface area contributed by atoms with Crippen LogP contribution in [-0.4, -0.2) is 21.6 Å². The van der Waals surface area contributed by atoms with Gasteiger partial charge in [0.2, 0.25) is 0 Å². The third-order valence-electron chi connectivity index (χ3n) is 3.48. The Hall–Kier alpha value is -1.19. The van der Waals surface area contributed by atoms with E-state index in [2.05, 4.69) is 0 Å². The number of hydrogen-bond acceptors (Lipinski definition) is 3. The van der Waals surface area contributed by atoms with Crippen LogP contribution >= 0.6 is 0 Å². The summed E-state index contributed by atoms with van der Waals surface area (Å²) in [4.78, 5) is 12.3. The summed E-state index contributed by atoms with van der Waals surface area (Å²) in [6.07, 6.45) is 4.00. The van der Waals surface area contributed by atoms with E-state index in [0.717, 1.165) is 19.3 Å². The summed E-state index contributed by atoms with van der Waals surface area (Å²) in [5.74, 6) is -0.201. The minimum Gasteiger partial charge on any atom is -0.392 e. The van der Waals surface area contributed by atoms with Gasteiger partial charge in [-0.2, -0.15) is 0 Å². The molecule has 92 valence electrons. The van der Waals surface area contributed by atoms with Gasteiger partial charge in [-0.3, -0.25) is 4.79 Å². The number of carbonyl (C=O) groups is 1. The van der Waals surface area contributed by atoms with Crippen molar-refractivity contribution in [2.24, 2.45) is 0 Å². The molecule has 1 aromatic rings. The number of benzene rings is 1. The first-order chi connectivity index (χ1) is 8.15. The van der Waals surface area contributed by atoms with Gasteiger partial charge in [0, 0.05) is 5.56 Å². The number of rotatable bonds is 3. The maximum absolute atomic E-state index is 12.3. The molecule has 0 atom stereocenters. The van der Waals surface area contributed by atoms with Crippen molar-refractivity contribution in [3.8, 4) is 0 Å². The molecule has 2 N–H and O–H groups in total. The number of aliphatic hydroxyl groups is 2. The van der Waals surface area contributed by atoms with E-state index in [4.69, 9.17) is 5.11 Å². The molecule has 2 rings (SSSR count). The Morgan fingerprint density at radius 3 is 2.59 bits per heavy atom. The van der Waals surface area contributed by atoms with Crippen molar-refractivity contribution in [1.29, 1.82) is 0 Å². The molecular weight excluding hydrogens is 216 g/mol. The van der Waals surface area contributed by atoms with Gasteiger partial charge in [-0.05, 0) is 24.5 Å². The monoisotopic (exact) mass is 234 g/mol. The Morgan fingerprint density at radius 1 is 1.24 bits per heavy atom. The molecule has 0 bridgehead atoms. The summed E-state index contributed by atoms with van der Waals surface area (Å²) in [5.41, 5.74) is 0.0167. The second kappa shape index (κ2) is 4.98. The van der Waals surface area contributed by atoms with Crippen molar-refractivity contribution in [2.75, 3.05) is 0 Å². The molecule has 0 unspecified atom stereocenters. The van der Waals surface area contributed by atoms with Gasteiger partial charge in [0.05, 0.1) is 6.61 Å². The van der Waals surface area contributed by atoms with Crippen LogP contribution in [0.3, 0.4) is 0 Å². The first-order valence-corrected chi connectivity index (χ1v) is 6.13. The fraction of sp³-hybridized carbons (Fsp3) is 0.500. The summed E-state index contributed by atoms with van der Waals surface area (Å²) in [7, 11) is 0. The molecule has 1 aliphatic rings. The van der Waals surface area contributed by atoms with E-state index in [1.165, 1.54) is 0 Å². The highest BCUT2D eigenvalue weighted by atomic mass is 16.3. The molecule has 0 radical (unpaired) electrons. The Morgan fingerprint density at radius 2 is 1.94 bits per heavy atom. The van der Waals surface area contributed by atoms with Gasteiger partial charge in [-0.1, -0.05) is 37.5 Å². The fourth-order valence-corrected chi connectivity index (χ4v) is 2.44. The van der Waals surface area contributed by atoms with E-state index < -0.39 is 5.60 Å². The Kier molecular flexibility index (Phi) is 3.60. The molecule has 0 spiro atoms. The molecule has 0 saturated heterocycles. The van der Waals surface area contributed by atoms with Crippen molar-refractivity contribution in [3.05, 3.63) is 35.4 Å². The van der Waals surface area contributed by atoms with Crippen molar-refractivity contribution < 1.29 is 15.0 Å². The molecule has 3 heteroatoms. The van der Waals surface area contributed by atoms with Gasteiger partial charge in [0.1, 0.15) is 5.60 Å². The highest BCUT2D eigenvalue weighted by Gasteiger charge is 2.37. The third-order valence-corrected chi connectivity index (χ3v) is 3.48. The standard InChI is InChI=1S/C14H18O3/c15-10-11-5-4-6-12(9-11)13(16)14(17)7-2-1-3-8-14/h4-6,9,15,17H,1-3,7-8,10H2. The first-order valence-electron chi connectivity index (χ1n) is 6.13. The predicted molar refractivity (Wildman–Crippen MR) is 64.7 cm³/mol. The topological polar surface area (TPSA) is 57.5 Å². The lowest BCUT2D eigenvalue weighted by molar-refractivity contribution is 0.0116. The Balaban J connectivity index is 2.23. The van der Waals surface area contributed by atoms with Gasteiger partial charge < -0.3 is 10.2 Å². The largest absolute Gasteiger partial charge is 0.392 e. The van der Waals surface area contributed by atoms with Gasteiger partial charge in [0.25, 0.3) is 0 Å². The number of hydrogen-bond donors (Lipinski definition) is 2. The zero-order valence-corrected chi connectivity index (χ0v) is 9.85. The van der Waals surface area contributed by atoms with E-state index in [0.29, 0.717) is 24.0 Å². The average molecular weight is 234 g/mol. The lowest BCUT2D eigenvalue weighted by atomic mass is 9.79. The van der Waals surface area contributed by atoms with E-state index in [9.17, 15) is 9.90 Å². The number of aliphatic hydroxyl groups excluding tert-OH is 1. The van der Waals surface area contributed by atoms with Crippen LogP contribution in [0.4, 0.5) is 0 Å². The van der Waals surface area contributed by atoms with Crippen molar-refractivity contribution in [1.82, 2.24) is 0 Å². The van der Waals surface area contributed by atoms with Crippen LogP contribution in [0.2, 0.25) is 0 Å². The first kappa shape index (κ1) is 12.3. The Labute approximate surface area is 101 Å². The summed E-state index contributed by atoms with van der Waals surface area (Å²) in [6, 6.07) is 6.87. The zero-order chi connectivity index (χ0) is 12.3. The summed E-state index contributed by atoms with van der Waals surface area (Å²) in [5, 5.41) is 19.4. The minimum atomic E-state index is -1.19. The molecular formula is C14H18O3. The third kappa shape index (κ3) is 2.56. The van der Waals surface area contributed by atoms with Crippen LogP contribution in [0.1, 0.15) is 48.0 Å². The lowest BCUT2D eigenvalue weighted by Crippen LogP contribution is -2.40. The quantitative estimate of drug-likeness (QED) is 0.787. The molecule has 1 aliphatic carbocycles. The van der Waals surface area contributed by atoms with Crippen LogP contribution in [0.5, 0.6) is 0 Å². The van der Waals surface area contributed by atoms with Crippen molar-refractivity contribution >= 4 is 5.78 Å². The fourth-order valence-electron chi connectivity index (χ4n) is 2.44. The summed E-state index contributed by atoms with van der Waals surface area (Å²) >= 11 is 0. The molecule has 0 aromatic heterocycles. The summed E-state index contributed by atoms with van der Waals surface area (Å²) in [6.45, 7) is -0.0838. The van der Waals surface area contributed by atoms with Crippen molar-refractivity contribution in [2.45, 2.75) is 44.3 Å². The van der Waals surface area contributed by atoms with Crippen LogP contribution in [0.25, 0.3) is 0 Å². The molecule has 1 aromatic carbocycles. The van der Waals surface area contributed by atoms with E-state index in [1.807, 2.05) is 0 Å². The molecule has 3 nitrogen and oxygen atoms in total. The predicted octanol–water partition coefficient (Wildman–Crippen LogP) is 2.06. The number of Topliss-reactive ketones (excluding diaryl/α,β-unsaturated/α-hetero) is 1. The van der Waals surface area contributed by atoms with Gasteiger partial charge in [-0.15, -0.1) is 0 Å². The van der Waals surface area contributed by atoms with E-state index >= 15 is 0 Å². The highest BCUT2D eigenvalue weighted by Crippen LogP contribution is 2.31. The number of carbonyl (C=O) groups excluding carboxylic acids is 1. The van der Waals surface area contributed by atoms with Gasteiger partial charge >= 0.3 is 0 Å². The molecule has 0 aliphatic heterocycles. The molecule has 17 heavy (non-hydrogen) atoms.